The van der Waals surface area contributed by atoms with Crippen LogP contribution in [0, 0.1) is 27.9 Å². The third kappa shape index (κ3) is 8.98. The van der Waals surface area contributed by atoms with Gasteiger partial charge in [0.2, 0.25) is 5.79 Å². The van der Waals surface area contributed by atoms with E-state index in [0.29, 0.717) is 37.5 Å². The van der Waals surface area contributed by atoms with Gasteiger partial charge < -0.3 is 38.9 Å². The van der Waals surface area contributed by atoms with Crippen molar-refractivity contribution in [2.24, 2.45) is 22.9 Å². The number of aliphatic hydroxyl groups excluding tert-OH is 2. The average Bonchev–Trinajstić information content (AvgIpc) is 4.02. The van der Waals surface area contributed by atoms with E-state index < -0.39 is 28.8 Å². The number of hydrogen-bond acceptors (Lipinski definition) is 12. The van der Waals surface area contributed by atoms with Crippen LogP contribution >= 0.6 is 0 Å². The highest BCUT2D eigenvalue weighted by Gasteiger charge is 2.65. The average molecular weight is 763 g/mol. The van der Waals surface area contributed by atoms with E-state index in [1.807, 2.05) is 19.1 Å². The molecule has 14 heteroatoms. The van der Waals surface area contributed by atoms with Gasteiger partial charge >= 0.3 is 6.09 Å². The Morgan fingerprint density at radius 2 is 1.84 bits per heavy atom. The number of rotatable bonds is 20. The van der Waals surface area contributed by atoms with Gasteiger partial charge in [0.05, 0.1) is 23.2 Å². The Morgan fingerprint density at radius 3 is 2.51 bits per heavy atom. The quantitative estimate of drug-likeness (QED) is 0.0529. The highest BCUT2D eigenvalue weighted by Crippen LogP contribution is 2.61. The molecule has 298 valence electrons. The number of aliphatic hydroxyl groups is 2. The Labute approximate surface area is 322 Å². The van der Waals surface area contributed by atoms with Crippen molar-refractivity contribution in [3.8, 4) is 17.2 Å². The molecule has 0 aromatic heterocycles. The van der Waals surface area contributed by atoms with Gasteiger partial charge in [0.1, 0.15) is 36.5 Å². The van der Waals surface area contributed by atoms with Crippen LogP contribution in [0.1, 0.15) is 63.4 Å². The van der Waals surface area contributed by atoms with Crippen LogP contribution in [-0.2, 0) is 9.57 Å². The highest BCUT2D eigenvalue weighted by molar-refractivity contribution is 6.03. The summed E-state index contributed by atoms with van der Waals surface area (Å²) >= 11 is 0. The third-order valence-corrected chi connectivity index (χ3v) is 11.2. The smallest absolute Gasteiger partial charge is 0.415 e. The van der Waals surface area contributed by atoms with E-state index in [0.717, 1.165) is 62.2 Å². The fraction of sp³-hybridized carbons (Fsp3) is 0.561. The summed E-state index contributed by atoms with van der Waals surface area (Å²) in [5.74, 6) is -0.392. The molecule has 14 nitrogen and oxygen atoms in total. The minimum atomic E-state index is -1.43. The van der Waals surface area contributed by atoms with E-state index in [-0.39, 0.29) is 55.4 Å². The summed E-state index contributed by atoms with van der Waals surface area (Å²) in [6.45, 7) is 10.1. The number of nitro groups is 1. The Hall–Kier alpha value is -4.50. The predicted molar refractivity (Wildman–Crippen MR) is 205 cm³/mol. The summed E-state index contributed by atoms with van der Waals surface area (Å²) in [5, 5.41) is 35.5. The van der Waals surface area contributed by atoms with Crippen molar-refractivity contribution in [2.75, 3.05) is 59.7 Å². The number of ether oxygens (including phenoxy) is 4. The van der Waals surface area contributed by atoms with Crippen molar-refractivity contribution in [3.05, 3.63) is 82.4 Å². The summed E-state index contributed by atoms with van der Waals surface area (Å²) in [7, 11) is 1.63. The molecule has 1 amide bonds. The summed E-state index contributed by atoms with van der Waals surface area (Å²) in [6, 6.07) is 10.5. The van der Waals surface area contributed by atoms with Crippen LogP contribution in [-0.4, -0.2) is 108 Å². The number of nitrogens with zero attached hydrogens (tertiary/aromatic N) is 4. The van der Waals surface area contributed by atoms with Crippen molar-refractivity contribution in [1.29, 1.82) is 0 Å². The van der Waals surface area contributed by atoms with Gasteiger partial charge in [-0.25, -0.2) is 4.79 Å². The van der Waals surface area contributed by atoms with Gasteiger partial charge in [0.15, 0.2) is 0 Å². The molecule has 2 aromatic rings. The van der Waals surface area contributed by atoms with Gasteiger partial charge in [-0.1, -0.05) is 30.1 Å². The van der Waals surface area contributed by atoms with E-state index in [2.05, 4.69) is 28.8 Å². The van der Waals surface area contributed by atoms with Crippen molar-refractivity contribution >= 4 is 17.5 Å². The molecule has 6 atom stereocenters. The Balaban J connectivity index is 1.48. The molecule has 0 spiro atoms. The van der Waals surface area contributed by atoms with Crippen LogP contribution in [0.5, 0.6) is 17.2 Å². The second kappa shape index (κ2) is 18.4. The summed E-state index contributed by atoms with van der Waals surface area (Å²) in [6.07, 6.45) is 8.08. The van der Waals surface area contributed by atoms with Crippen LogP contribution in [0.4, 0.5) is 10.5 Å². The molecule has 6 rings (SSSR count). The van der Waals surface area contributed by atoms with Crippen molar-refractivity contribution in [2.45, 2.75) is 69.6 Å². The summed E-state index contributed by atoms with van der Waals surface area (Å²) < 4.78 is 26.1. The van der Waals surface area contributed by atoms with Crippen molar-refractivity contribution in [3.63, 3.8) is 0 Å². The first-order valence-electron chi connectivity index (χ1n) is 19.5. The molecular formula is C41H54N4O10. The van der Waals surface area contributed by atoms with E-state index in [4.69, 9.17) is 23.8 Å². The molecule has 1 saturated carbocycles. The number of fused-ring (bicyclic) bond motifs is 2. The lowest BCUT2D eigenvalue weighted by Gasteiger charge is -2.59. The molecular weight excluding hydrogens is 708 g/mol. The maximum atomic E-state index is 14.1. The normalized spacial score (nSPS) is 25.9. The van der Waals surface area contributed by atoms with Crippen LogP contribution in [0.3, 0.4) is 0 Å². The monoisotopic (exact) mass is 762 g/mol. The molecule has 6 unspecified atom stereocenters. The van der Waals surface area contributed by atoms with E-state index in [9.17, 15) is 25.1 Å². The van der Waals surface area contributed by atoms with Gasteiger partial charge in [0, 0.05) is 69.9 Å². The zero-order valence-electron chi connectivity index (χ0n) is 31.8. The van der Waals surface area contributed by atoms with Gasteiger partial charge in [-0.05, 0) is 80.3 Å². The first kappa shape index (κ1) is 40.2. The predicted octanol–water partition coefficient (Wildman–Crippen LogP) is 6.07. The maximum absolute atomic E-state index is 14.1. The first-order valence-corrected chi connectivity index (χ1v) is 19.5. The van der Waals surface area contributed by atoms with E-state index in [1.165, 1.54) is 29.2 Å². The lowest BCUT2D eigenvalue weighted by atomic mass is 9.55. The molecule has 2 N–H and O–H groups in total. The molecule has 4 aliphatic rings. The molecule has 2 fully saturated rings. The minimum absolute atomic E-state index is 0.0747. The fourth-order valence-electron chi connectivity index (χ4n) is 8.48. The van der Waals surface area contributed by atoms with Gasteiger partial charge in [0.25, 0.3) is 5.69 Å². The number of carbonyl (C=O) groups is 1. The number of benzene rings is 2. The number of nitro benzene ring substituents is 1. The molecule has 0 bridgehead atoms. The van der Waals surface area contributed by atoms with Crippen LogP contribution in [0.2, 0.25) is 0 Å². The van der Waals surface area contributed by atoms with Crippen molar-refractivity contribution < 1.29 is 43.7 Å². The van der Waals surface area contributed by atoms with E-state index >= 15 is 0 Å². The van der Waals surface area contributed by atoms with Crippen LogP contribution in [0.15, 0.2) is 71.9 Å². The molecule has 2 aliphatic heterocycles. The van der Waals surface area contributed by atoms with Crippen molar-refractivity contribution in [1.82, 2.24) is 9.80 Å². The van der Waals surface area contributed by atoms with Gasteiger partial charge in [-0.15, -0.1) is 6.58 Å². The maximum Gasteiger partial charge on any atom is 0.415 e. The number of amides is 1. The highest BCUT2D eigenvalue weighted by atomic mass is 16.7. The number of unbranched alkanes of at least 4 members (excludes halogenated alkanes) is 2. The second-order valence-electron chi connectivity index (χ2n) is 14.6. The van der Waals surface area contributed by atoms with Gasteiger partial charge in [-0.2, -0.15) is 0 Å². The number of non-ortho nitro benzene ring substituents is 1. The van der Waals surface area contributed by atoms with E-state index in [1.54, 1.807) is 13.1 Å². The zero-order valence-corrected chi connectivity index (χ0v) is 31.8. The molecule has 2 heterocycles. The number of likely N-dealkylation sites (N-methyl/N-ethyl adjacent to an activating group) is 1. The topological polar surface area (TPSA) is 165 Å². The third-order valence-electron chi connectivity index (χ3n) is 11.2. The minimum Gasteiger partial charge on any atom is -0.492 e. The Kier molecular flexibility index (Phi) is 13.5. The summed E-state index contributed by atoms with van der Waals surface area (Å²) in [5.41, 5.74) is 2.46. The number of carbonyl (C=O) groups excluding carboxylic acids is 1. The summed E-state index contributed by atoms with van der Waals surface area (Å²) in [4.78, 5) is 34.3. The molecule has 2 aliphatic carbocycles. The molecule has 55 heavy (non-hydrogen) atoms. The standard InChI is InChI=1S/C41H54N4O10/c1-4-23-52-41-37(43(3)40(48)54-30-14-12-29(13-15-30)45(49)50)27-35(42-53-5-2)33-25-28(10-6-8-21-46)32(11-7-9-22-47)38(39(33)41)34-26-31(16-17-36(34)55-41)51-24-20-44-18-19-44/h4,12-17,25-26,28,32,37-39,46-47H,1,5-11,18-24,27H2,2-3H3. The van der Waals surface area contributed by atoms with Crippen LogP contribution in [0.25, 0.3) is 0 Å². The molecule has 0 radical (unpaired) electrons. The Morgan fingerprint density at radius 1 is 1.11 bits per heavy atom. The molecule has 1 saturated heterocycles. The molecule has 2 aromatic carbocycles. The Bertz CT molecular complexity index is 1710. The second-order valence-corrected chi connectivity index (χ2v) is 14.6. The van der Waals surface area contributed by atoms with Gasteiger partial charge in [-0.3, -0.25) is 15.0 Å². The fourth-order valence-corrected chi connectivity index (χ4v) is 8.48. The number of allylic oxidation sites excluding steroid dienone is 1. The number of hydrogen-bond donors (Lipinski definition) is 2. The SMILES string of the molecule is C=CCOC12Oc3ccc(OCCN4CC4)cc3C3C(CCCCO)C(CCCCO)C=C(C(=NOCC)CC1N(C)C(=O)Oc1ccc([N+](=O)[O-])cc1)C32. The van der Waals surface area contributed by atoms with Crippen LogP contribution < -0.4 is 14.2 Å². The number of oxime groups is 1. The lowest BCUT2D eigenvalue weighted by molar-refractivity contribution is -0.384. The lowest BCUT2D eigenvalue weighted by Crippen LogP contribution is -2.69. The largest absolute Gasteiger partial charge is 0.492 e. The zero-order chi connectivity index (χ0) is 39.0. The first-order chi connectivity index (χ1) is 26.7.